The van der Waals surface area contributed by atoms with Crippen molar-refractivity contribution in [1.29, 1.82) is 0 Å². The van der Waals surface area contributed by atoms with Crippen LogP contribution < -0.4 is 5.32 Å². The largest absolute Gasteiger partial charge is 0.481 e. The first-order chi connectivity index (χ1) is 11.5. The number of aliphatic carboxylic acids is 1. The van der Waals surface area contributed by atoms with Crippen molar-refractivity contribution in [2.24, 2.45) is 0 Å². The number of amides is 2. The quantitative estimate of drug-likeness (QED) is 0.749. The van der Waals surface area contributed by atoms with E-state index in [0.29, 0.717) is 6.42 Å². The summed E-state index contributed by atoms with van der Waals surface area (Å²) in [6, 6.07) is 3.03. The molecule has 1 saturated carbocycles. The highest BCUT2D eigenvalue weighted by atomic mass is 19.1. The van der Waals surface area contributed by atoms with Crippen molar-refractivity contribution in [2.45, 2.75) is 51.1 Å². The fraction of sp³-hybridized carbons (Fsp3) is 0.529. The van der Waals surface area contributed by atoms with E-state index in [9.17, 15) is 18.4 Å². The molecule has 0 spiro atoms. The summed E-state index contributed by atoms with van der Waals surface area (Å²) in [5.41, 5.74) is 0.268. The van der Waals surface area contributed by atoms with Crippen molar-refractivity contribution in [3.05, 3.63) is 35.4 Å². The minimum Gasteiger partial charge on any atom is -0.481 e. The monoisotopic (exact) mass is 340 g/mol. The maximum atomic E-state index is 13.9. The Morgan fingerprint density at radius 2 is 1.96 bits per heavy atom. The van der Waals surface area contributed by atoms with E-state index in [-0.39, 0.29) is 37.1 Å². The zero-order valence-corrected chi connectivity index (χ0v) is 13.4. The number of benzene rings is 1. The third kappa shape index (κ3) is 5.18. The number of urea groups is 1. The van der Waals surface area contributed by atoms with Crippen LogP contribution in [0, 0.1) is 11.6 Å². The first-order valence-electron chi connectivity index (χ1n) is 8.17. The van der Waals surface area contributed by atoms with Gasteiger partial charge in [0.25, 0.3) is 0 Å². The predicted octanol–water partition coefficient (Wildman–Crippen LogP) is 3.28. The zero-order chi connectivity index (χ0) is 17.5. The fourth-order valence-corrected chi connectivity index (χ4v) is 2.95. The topological polar surface area (TPSA) is 69.6 Å². The van der Waals surface area contributed by atoms with Gasteiger partial charge in [-0.15, -0.1) is 0 Å². The summed E-state index contributed by atoms with van der Waals surface area (Å²) >= 11 is 0. The molecule has 1 fully saturated rings. The Hall–Kier alpha value is -2.18. The van der Waals surface area contributed by atoms with Crippen molar-refractivity contribution >= 4 is 12.0 Å². The number of halogens is 2. The number of hydrogen-bond acceptors (Lipinski definition) is 2. The molecule has 5 nitrogen and oxygen atoms in total. The molecule has 2 rings (SSSR count). The maximum absolute atomic E-state index is 13.9. The number of carbonyl (C=O) groups is 2. The summed E-state index contributed by atoms with van der Waals surface area (Å²) in [6.45, 7) is 0.321. The van der Waals surface area contributed by atoms with E-state index in [1.54, 1.807) is 4.90 Å². The lowest BCUT2D eigenvalue weighted by Crippen LogP contribution is -2.45. The molecule has 7 heteroatoms. The molecule has 0 atom stereocenters. The van der Waals surface area contributed by atoms with Crippen molar-refractivity contribution in [3.8, 4) is 0 Å². The van der Waals surface area contributed by atoms with E-state index in [1.165, 1.54) is 12.1 Å². The summed E-state index contributed by atoms with van der Waals surface area (Å²) in [5, 5.41) is 11.3. The highest BCUT2D eigenvalue weighted by molar-refractivity contribution is 5.74. The number of hydrogen-bond donors (Lipinski definition) is 2. The number of nitrogens with zero attached hydrogens (tertiary/aromatic N) is 1. The van der Waals surface area contributed by atoms with Gasteiger partial charge in [-0.1, -0.05) is 18.9 Å². The van der Waals surface area contributed by atoms with Gasteiger partial charge in [-0.05, 0) is 25.3 Å². The van der Waals surface area contributed by atoms with Gasteiger partial charge in [0.05, 0.1) is 6.54 Å². The molecular weight excluding hydrogens is 318 g/mol. The van der Waals surface area contributed by atoms with Crippen molar-refractivity contribution < 1.29 is 23.5 Å². The Morgan fingerprint density at radius 3 is 2.58 bits per heavy atom. The van der Waals surface area contributed by atoms with E-state index in [0.717, 1.165) is 31.7 Å². The molecule has 1 aliphatic rings. The molecule has 2 N–H and O–H groups in total. The highest BCUT2D eigenvalue weighted by Crippen LogP contribution is 2.25. The number of carboxylic acids is 1. The van der Waals surface area contributed by atoms with Crippen LogP contribution in [0.3, 0.4) is 0 Å². The van der Waals surface area contributed by atoms with Gasteiger partial charge in [-0.25, -0.2) is 13.6 Å². The molecule has 0 aliphatic heterocycles. The van der Waals surface area contributed by atoms with E-state index in [2.05, 4.69) is 5.32 Å². The molecule has 1 aliphatic carbocycles. The molecule has 1 aromatic carbocycles. The van der Waals surface area contributed by atoms with E-state index < -0.39 is 17.6 Å². The van der Waals surface area contributed by atoms with Crippen LogP contribution in [0.4, 0.5) is 13.6 Å². The molecule has 0 radical (unpaired) electrons. The SMILES string of the molecule is O=C(O)CCCNC(=O)N(Cc1ccc(F)cc1F)C1CCCC1. The maximum Gasteiger partial charge on any atom is 0.317 e. The standard InChI is InChI=1S/C17H22F2N2O3/c18-13-8-7-12(15(19)10-13)11-21(14-4-1-2-5-14)17(24)20-9-3-6-16(22)23/h7-8,10,14H,1-6,9,11H2,(H,20,24)(H,22,23). The molecule has 2 amide bonds. The van der Waals surface area contributed by atoms with Gasteiger partial charge in [-0.3, -0.25) is 4.79 Å². The smallest absolute Gasteiger partial charge is 0.317 e. The van der Waals surface area contributed by atoms with Crippen LogP contribution in [-0.2, 0) is 11.3 Å². The first kappa shape index (κ1) is 18.2. The van der Waals surface area contributed by atoms with Crippen molar-refractivity contribution in [2.75, 3.05) is 6.54 Å². The number of nitrogens with one attached hydrogen (secondary N) is 1. The Kier molecular flexibility index (Phi) is 6.52. The molecular formula is C17H22F2N2O3. The van der Waals surface area contributed by atoms with Gasteiger partial charge < -0.3 is 15.3 Å². The molecule has 132 valence electrons. The first-order valence-corrected chi connectivity index (χ1v) is 8.17. The number of rotatable bonds is 7. The van der Waals surface area contributed by atoms with Gasteiger partial charge in [-0.2, -0.15) is 0 Å². The van der Waals surface area contributed by atoms with Crippen LogP contribution in [0.1, 0.15) is 44.1 Å². The second-order valence-corrected chi connectivity index (χ2v) is 6.03. The molecule has 24 heavy (non-hydrogen) atoms. The lowest BCUT2D eigenvalue weighted by Gasteiger charge is -2.29. The fourth-order valence-electron chi connectivity index (χ4n) is 2.95. The van der Waals surface area contributed by atoms with E-state index in [1.807, 2.05) is 0 Å². The Labute approximate surface area is 139 Å². The summed E-state index contributed by atoms with van der Waals surface area (Å²) < 4.78 is 26.9. The number of carbonyl (C=O) groups excluding carboxylic acids is 1. The minimum atomic E-state index is -0.912. The highest BCUT2D eigenvalue weighted by Gasteiger charge is 2.27. The third-order valence-corrected chi connectivity index (χ3v) is 4.23. The molecule has 0 unspecified atom stereocenters. The van der Waals surface area contributed by atoms with E-state index >= 15 is 0 Å². The Balaban J connectivity index is 2.01. The van der Waals surface area contributed by atoms with Gasteiger partial charge in [0.1, 0.15) is 11.6 Å². The molecule has 1 aromatic rings. The minimum absolute atomic E-state index is 0.0176. The Morgan fingerprint density at radius 1 is 1.25 bits per heavy atom. The van der Waals surface area contributed by atoms with Gasteiger partial charge in [0.2, 0.25) is 0 Å². The average molecular weight is 340 g/mol. The third-order valence-electron chi connectivity index (χ3n) is 4.23. The summed E-state index contributed by atoms with van der Waals surface area (Å²) in [7, 11) is 0. The molecule has 0 aromatic heterocycles. The summed E-state index contributed by atoms with van der Waals surface area (Å²) in [6.07, 6.45) is 4.05. The van der Waals surface area contributed by atoms with Gasteiger partial charge >= 0.3 is 12.0 Å². The van der Waals surface area contributed by atoms with Gasteiger partial charge in [0, 0.05) is 30.6 Å². The van der Waals surface area contributed by atoms with Crippen LogP contribution >= 0.6 is 0 Å². The van der Waals surface area contributed by atoms with Crippen molar-refractivity contribution in [3.63, 3.8) is 0 Å². The van der Waals surface area contributed by atoms with Crippen LogP contribution in [0.25, 0.3) is 0 Å². The Bertz CT molecular complexity index is 589. The second-order valence-electron chi connectivity index (χ2n) is 6.03. The normalized spacial score (nSPS) is 14.6. The van der Waals surface area contributed by atoms with Crippen molar-refractivity contribution in [1.82, 2.24) is 10.2 Å². The molecule has 0 saturated heterocycles. The lowest BCUT2D eigenvalue weighted by molar-refractivity contribution is -0.137. The van der Waals surface area contributed by atoms with E-state index in [4.69, 9.17) is 5.11 Å². The second kappa shape index (κ2) is 8.61. The predicted molar refractivity (Wildman–Crippen MR) is 84.4 cm³/mol. The van der Waals surface area contributed by atoms with Crippen LogP contribution in [-0.4, -0.2) is 34.6 Å². The van der Waals surface area contributed by atoms with Crippen LogP contribution in [0.15, 0.2) is 18.2 Å². The summed E-state index contributed by atoms with van der Waals surface area (Å²) in [4.78, 5) is 24.5. The van der Waals surface area contributed by atoms with Gasteiger partial charge in [0.15, 0.2) is 0 Å². The lowest BCUT2D eigenvalue weighted by atomic mass is 10.1. The van der Waals surface area contributed by atoms with Crippen LogP contribution in [0.2, 0.25) is 0 Å². The van der Waals surface area contributed by atoms with Crippen LogP contribution in [0.5, 0.6) is 0 Å². The molecule has 0 heterocycles. The number of carboxylic acid groups (broad SMARTS) is 1. The molecule has 0 bridgehead atoms. The summed E-state index contributed by atoms with van der Waals surface area (Å²) in [5.74, 6) is -2.23. The average Bonchev–Trinajstić information content (AvgIpc) is 3.04. The zero-order valence-electron chi connectivity index (χ0n) is 13.4.